The Bertz CT molecular complexity index is 764. The van der Waals surface area contributed by atoms with Crippen LogP contribution in [0.4, 0.5) is 4.79 Å². The van der Waals surface area contributed by atoms with E-state index in [2.05, 4.69) is 15.6 Å². The van der Waals surface area contributed by atoms with E-state index >= 15 is 0 Å². The van der Waals surface area contributed by atoms with E-state index in [1.165, 1.54) is 4.90 Å². The second-order valence-electron chi connectivity index (χ2n) is 5.78. The third kappa shape index (κ3) is 3.73. The number of amides is 3. The minimum absolute atomic E-state index is 0.0690. The number of hydrogen-bond acceptors (Lipinski definition) is 4. The van der Waals surface area contributed by atoms with E-state index in [-0.39, 0.29) is 18.5 Å². The van der Waals surface area contributed by atoms with Gasteiger partial charge in [-0.25, -0.2) is 4.79 Å². The molecule has 1 aliphatic heterocycles. The van der Waals surface area contributed by atoms with E-state index in [1.807, 2.05) is 42.3 Å². The highest BCUT2D eigenvalue weighted by Gasteiger charge is 2.27. The molecule has 1 fully saturated rings. The molecule has 0 saturated carbocycles. The van der Waals surface area contributed by atoms with Gasteiger partial charge in [0, 0.05) is 32.6 Å². The SMILES string of the molecule is CN=C(NCCN1C(=O)CNC1=O)N(C)Cc1cc2ccccc2o1. The van der Waals surface area contributed by atoms with Crippen LogP contribution in [0.2, 0.25) is 0 Å². The van der Waals surface area contributed by atoms with Crippen molar-refractivity contribution in [1.29, 1.82) is 0 Å². The van der Waals surface area contributed by atoms with E-state index < -0.39 is 0 Å². The first-order valence-corrected chi connectivity index (χ1v) is 8.06. The maximum absolute atomic E-state index is 11.6. The van der Waals surface area contributed by atoms with Gasteiger partial charge in [-0.2, -0.15) is 0 Å². The van der Waals surface area contributed by atoms with Crippen molar-refractivity contribution in [2.75, 3.05) is 33.7 Å². The number of benzene rings is 1. The Kier molecular flexibility index (Phi) is 4.87. The largest absolute Gasteiger partial charge is 0.459 e. The lowest BCUT2D eigenvalue weighted by Gasteiger charge is -2.22. The van der Waals surface area contributed by atoms with Gasteiger partial charge in [-0.05, 0) is 12.1 Å². The van der Waals surface area contributed by atoms with E-state index in [9.17, 15) is 9.59 Å². The average molecular weight is 343 g/mol. The van der Waals surface area contributed by atoms with Crippen LogP contribution in [-0.2, 0) is 11.3 Å². The quantitative estimate of drug-likeness (QED) is 0.480. The standard InChI is InChI=1S/C17H21N5O3/c1-18-16(19-7-8-22-15(23)10-20-17(22)24)21(2)11-13-9-12-5-3-4-6-14(12)25-13/h3-6,9H,7-8,10-11H2,1-2H3,(H,18,19)(H,20,24). The van der Waals surface area contributed by atoms with Crippen LogP contribution in [0.25, 0.3) is 11.0 Å². The van der Waals surface area contributed by atoms with Crippen molar-refractivity contribution >= 4 is 28.9 Å². The second kappa shape index (κ2) is 7.25. The van der Waals surface area contributed by atoms with Crippen LogP contribution in [0.3, 0.4) is 0 Å². The van der Waals surface area contributed by atoms with Crippen molar-refractivity contribution in [3.05, 3.63) is 36.1 Å². The molecule has 0 spiro atoms. The van der Waals surface area contributed by atoms with Crippen molar-refractivity contribution in [1.82, 2.24) is 20.4 Å². The Morgan fingerprint density at radius 3 is 2.88 bits per heavy atom. The third-order valence-corrected chi connectivity index (χ3v) is 4.00. The molecule has 1 aromatic heterocycles. The van der Waals surface area contributed by atoms with E-state index in [0.29, 0.717) is 25.6 Å². The highest BCUT2D eigenvalue weighted by molar-refractivity contribution is 6.01. The summed E-state index contributed by atoms with van der Waals surface area (Å²) in [5, 5.41) is 6.71. The summed E-state index contributed by atoms with van der Waals surface area (Å²) in [6.45, 7) is 1.34. The molecule has 1 saturated heterocycles. The normalized spacial score (nSPS) is 15.0. The Morgan fingerprint density at radius 2 is 2.20 bits per heavy atom. The number of aliphatic imine (C=N–C) groups is 1. The Hall–Kier alpha value is -3.03. The number of imide groups is 1. The van der Waals surface area contributed by atoms with Crippen LogP contribution < -0.4 is 10.6 Å². The smallest absolute Gasteiger partial charge is 0.324 e. The lowest BCUT2D eigenvalue weighted by molar-refractivity contribution is -0.124. The Balaban J connectivity index is 1.55. The number of rotatable bonds is 5. The highest BCUT2D eigenvalue weighted by Crippen LogP contribution is 2.19. The number of nitrogens with zero attached hydrogens (tertiary/aromatic N) is 3. The molecule has 0 unspecified atom stereocenters. The summed E-state index contributed by atoms with van der Waals surface area (Å²) in [5.74, 6) is 1.28. The zero-order valence-corrected chi connectivity index (χ0v) is 14.3. The first-order chi connectivity index (χ1) is 12.1. The fraction of sp³-hybridized carbons (Fsp3) is 0.353. The van der Waals surface area contributed by atoms with Gasteiger partial charge >= 0.3 is 6.03 Å². The number of furan rings is 1. The lowest BCUT2D eigenvalue weighted by Crippen LogP contribution is -2.43. The molecular formula is C17H21N5O3. The summed E-state index contributed by atoms with van der Waals surface area (Å²) >= 11 is 0. The van der Waals surface area contributed by atoms with Crippen LogP contribution in [0.15, 0.2) is 39.7 Å². The number of para-hydroxylation sites is 1. The Labute approximate surface area is 145 Å². The van der Waals surface area contributed by atoms with Gasteiger partial charge in [0.1, 0.15) is 11.3 Å². The second-order valence-corrected chi connectivity index (χ2v) is 5.78. The zero-order chi connectivity index (χ0) is 17.8. The summed E-state index contributed by atoms with van der Waals surface area (Å²) < 4.78 is 5.82. The molecule has 1 aromatic carbocycles. The molecule has 3 rings (SSSR count). The highest BCUT2D eigenvalue weighted by atomic mass is 16.3. The number of urea groups is 1. The zero-order valence-electron chi connectivity index (χ0n) is 14.3. The molecule has 8 nitrogen and oxygen atoms in total. The van der Waals surface area contributed by atoms with Crippen molar-refractivity contribution in [3.8, 4) is 0 Å². The van der Waals surface area contributed by atoms with Crippen LogP contribution in [0.5, 0.6) is 0 Å². The molecule has 0 aliphatic carbocycles. The summed E-state index contributed by atoms with van der Waals surface area (Å²) in [4.78, 5) is 30.4. The molecule has 2 N–H and O–H groups in total. The first kappa shape index (κ1) is 16.8. The van der Waals surface area contributed by atoms with Crippen molar-refractivity contribution in [2.45, 2.75) is 6.54 Å². The lowest BCUT2D eigenvalue weighted by atomic mass is 10.2. The van der Waals surface area contributed by atoms with Gasteiger partial charge in [-0.3, -0.25) is 14.7 Å². The van der Waals surface area contributed by atoms with Gasteiger partial charge < -0.3 is 20.0 Å². The summed E-state index contributed by atoms with van der Waals surface area (Å²) in [6.07, 6.45) is 0. The minimum atomic E-state index is -0.350. The monoisotopic (exact) mass is 343 g/mol. The van der Waals surface area contributed by atoms with Gasteiger partial charge in [0.05, 0.1) is 13.1 Å². The van der Waals surface area contributed by atoms with Crippen molar-refractivity contribution in [2.24, 2.45) is 4.99 Å². The van der Waals surface area contributed by atoms with Crippen LogP contribution >= 0.6 is 0 Å². The molecule has 0 atom stereocenters. The molecular weight excluding hydrogens is 322 g/mol. The van der Waals surface area contributed by atoms with Crippen LogP contribution in [0.1, 0.15) is 5.76 Å². The maximum Gasteiger partial charge on any atom is 0.324 e. The molecule has 25 heavy (non-hydrogen) atoms. The molecule has 132 valence electrons. The number of fused-ring (bicyclic) bond motifs is 1. The van der Waals surface area contributed by atoms with E-state index in [1.54, 1.807) is 7.05 Å². The molecule has 8 heteroatoms. The van der Waals surface area contributed by atoms with Gasteiger partial charge in [-0.1, -0.05) is 18.2 Å². The summed E-state index contributed by atoms with van der Waals surface area (Å²) in [6, 6.07) is 9.51. The molecule has 0 bridgehead atoms. The molecule has 2 heterocycles. The first-order valence-electron chi connectivity index (χ1n) is 8.06. The topological polar surface area (TPSA) is 90.2 Å². The van der Waals surface area contributed by atoms with Gasteiger partial charge in [0.15, 0.2) is 5.96 Å². The number of carbonyl (C=O) groups excluding carboxylic acids is 2. The van der Waals surface area contributed by atoms with E-state index in [0.717, 1.165) is 16.7 Å². The van der Waals surface area contributed by atoms with Crippen LogP contribution in [0, 0.1) is 0 Å². The summed E-state index contributed by atoms with van der Waals surface area (Å²) in [5.41, 5.74) is 0.854. The third-order valence-electron chi connectivity index (χ3n) is 4.00. The molecule has 1 aliphatic rings. The molecule has 3 amide bonds. The average Bonchev–Trinajstić information content (AvgIpc) is 3.15. The van der Waals surface area contributed by atoms with Gasteiger partial charge in [0.2, 0.25) is 5.91 Å². The van der Waals surface area contributed by atoms with Crippen LogP contribution in [-0.4, -0.2) is 61.4 Å². The number of guanidine groups is 1. The minimum Gasteiger partial charge on any atom is -0.459 e. The molecule has 0 radical (unpaired) electrons. The van der Waals surface area contributed by atoms with E-state index in [4.69, 9.17) is 4.42 Å². The Morgan fingerprint density at radius 1 is 1.40 bits per heavy atom. The fourth-order valence-corrected chi connectivity index (χ4v) is 2.77. The number of carbonyl (C=O) groups is 2. The van der Waals surface area contributed by atoms with Crippen molar-refractivity contribution < 1.29 is 14.0 Å². The summed E-state index contributed by atoms with van der Waals surface area (Å²) in [7, 11) is 3.58. The van der Waals surface area contributed by atoms with Gasteiger partial charge in [0.25, 0.3) is 0 Å². The number of nitrogens with one attached hydrogen (secondary N) is 2. The molecule has 2 aromatic rings. The maximum atomic E-state index is 11.6. The predicted octanol–water partition coefficient (Wildman–Crippen LogP) is 0.992. The number of hydrogen-bond donors (Lipinski definition) is 2. The van der Waals surface area contributed by atoms with Crippen molar-refractivity contribution in [3.63, 3.8) is 0 Å². The van der Waals surface area contributed by atoms with Gasteiger partial charge in [-0.15, -0.1) is 0 Å². The fourth-order valence-electron chi connectivity index (χ4n) is 2.77. The predicted molar refractivity (Wildman–Crippen MR) is 94.2 cm³/mol.